The Morgan fingerprint density at radius 2 is 1.92 bits per heavy atom. The molecule has 0 saturated heterocycles. The zero-order valence-corrected chi connectivity index (χ0v) is 15.9. The fourth-order valence-electron chi connectivity index (χ4n) is 2.29. The van der Waals surface area contributed by atoms with Gasteiger partial charge in [0.2, 0.25) is 11.7 Å². The lowest BCUT2D eigenvalue weighted by atomic mass is 10.2. The third-order valence-corrected chi connectivity index (χ3v) is 4.58. The highest BCUT2D eigenvalue weighted by Gasteiger charge is 2.17. The number of rotatable bonds is 5. The quantitative estimate of drug-likeness (QED) is 0.557. The molecule has 0 saturated carbocycles. The molecule has 0 aliphatic heterocycles. The fraction of sp³-hybridized carbons (Fsp3) is 0.167. The molecule has 0 spiro atoms. The summed E-state index contributed by atoms with van der Waals surface area (Å²) in [5, 5.41) is 3.98. The van der Waals surface area contributed by atoms with E-state index in [2.05, 4.69) is 32.7 Å². The molecule has 0 aliphatic rings. The standard InChI is InChI=1S/C18H16IN3O3/c1-22(18(23)14-5-3-4-6-15(14)19)11-16-20-17(21-25-16)12-7-9-13(24-2)10-8-12/h3-10H,11H2,1-2H3. The summed E-state index contributed by atoms with van der Waals surface area (Å²) in [6.07, 6.45) is 0. The number of hydrogen-bond acceptors (Lipinski definition) is 5. The number of carbonyl (C=O) groups is 1. The molecule has 0 bridgehead atoms. The van der Waals surface area contributed by atoms with Gasteiger partial charge in [0.25, 0.3) is 5.91 Å². The average molecular weight is 449 g/mol. The Bertz CT molecular complexity index is 877. The maximum Gasteiger partial charge on any atom is 0.255 e. The summed E-state index contributed by atoms with van der Waals surface area (Å²) in [6, 6.07) is 14.8. The van der Waals surface area contributed by atoms with Gasteiger partial charge in [0, 0.05) is 16.2 Å². The third kappa shape index (κ3) is 3.98. The first-order valence-corrected chi connectivity index (χ1v) is 8.63. The Kier molecular flexibility index (Phi) is 5.32. The van der Waals surface area contributed by atoms with Crippen LogP contribution >= 0.6 is 22.6 Å². The van der Waals surface area contributed by atoms with E-state index < -0.39 is 0 Å². The van der Waals surface area contributed by atoms with Crippen LogP contribution in [0.3, 0.4) is 0 Å². The maximum absolute atomic E-state index is 12.5. The van der Waals surface area contributed by atoms with Crippen LogP contribution in [0, 0.1) is 3.57 Å². The number of hydrogen-bond donors (Lipinski definition) is 0. The molecule has 0 N–H and O–H groups in total. The smallest absolute Gasteiger partial charge is 0.255 e. The molecule has 128 valence electrons. The highest BCUT2D eigenvalue weighted by molar-refractivity contribution is 14.1. The van der Waals surface area contributed by atoms with Crippen LogP contribution in [0.5, 0.6) is 5.75 Å². The second-order valence-corrected chi connectivity index (χ2v) is 6.54. The molecule has 1 aromatic heterocycles. The zero-order valence-electron chi connectivity index (χ0n) is 13.8. The van der Waals surface area contributed by atoms with Crippen LogP contribution in [0.25, 0.3) is 11.4 Å². The lowest BCUT2D eigenvalue weighted by molar-refractivity contribution is 0.0768. The Morgan fingerprint density at radius 1 is 1.20 bits per heavy atom. The fourth-order valence-corrected chi connectivity index (χ4v) is 2.91. The molecule has 2 aromatic carbocycles. The summed E-state index contributed by atoms with van der Waals surface area (Å²) in [5.74, 6) is 1.53. The van der Waals surface area contributed by atoms with E-state index in [0.717, 1.165) is 14.9 Å². The van der Waals surface area contributed by atoms with E-state index in [1.807, 2.05) is 42.5 Å². The van der Waals surface area contributed by atoms with Crippen molar-refractivity contribution in [1.29, 1.82) is 0 Å². The molecule has 7 heteroatoms. The van der Waals surface area contributed by atoms with Gasteiger partial charge in [-0.15, -0.1) is 0 Å². The zero-order chi connectivity index (χ0) is 17.8. The molecular weight excluding hydrogens is 433 g/mol. The van der Waals surface area contributed by atoms with Gasteiger partial charge in [-0.25, -0.2) is 0 Å². The number of carbonyl (C=O) groups excluding carboxylic acids is 1. The number of benzene rings is 2. The van der Waals surface area contributed by atoms with Gasteiger partial charge in [0.15, 0.2) is 0 Å². The van der Waals surface area contributed by atoms with E-state index in [1.54, 1.807) is 25.1 Å². The van der Waals surface area contributed by atoms with Crippen LogP contribution in [-0.2, 0) is 6.54 Å². The van der Waals surface area contributed by atoms with Crippen molar-refractivity contribution in [2.24, 2.45) is 0 Å². The molecular formula is C18H16IN3O3. The van der Waals surface area contributed by atoms with Gasteiger partial charge in [-0.1, -0.05) is 17.3 Å². The van der Waals surface area contributed by atoms with Crippen molar-refractivity contribution in [2.75, 3.05) is 14.2 Å². The second kappa shape index (κ2) is 7.64. The number of nitrogens with zero attached hydrogens (tertiary/aromatic N) is 3. The van der Waals surface area contributed by atoms with Gasteiger partial charge in [-0.05, 0) is 59.0 Å². The molecule has 0 aliphatic carbocycles. The number of methoxy groups -OCH3 is 1. The number of halogens is 1. The van der Waals surface area contributed by atoms with Crippen molar-refractivity contribution in [3.05, 3.63) is 63.6 Å². The Labute approximate surface area is 158 Å². The molecule has 3 aromatic rings. The lowest BCUT2D eigenvalue weighted by Crippen LogP contribution is -2.27. The van der Waals surface area contributed by atoms with Crippen LogP contribution in [0.1, 0.15) is 16.2 Å². The van der Waals surface area contributed by atoms with Crippen LogP contribution in [0.15, 0.2) is 53.1 Å². The second-order valence-electron chi connectivity index (χ2n) is 5.38. The SMILES string of the molecule is COc1ccc(-c2noc(CN(C)C(=O)c3ccccc3I)n2)cc1. The number of aromatic nitrogens is 2. The van der Waals surface area contributed by atoms with E-state index in [0.29, 0.717) is 17.3 Å². The van der Waals surface area contributed by atoms with Gasteiger partial charge >= 0.3 is 0 Å². The Hall–Kier alpha value is -2.42. The number of ether oxygens (including phenoxy) is 1. The van der Waals surface area contributed by atoms with E-state index >= 15 is 0 Å². The monoisotopic (exact) mass is 449 g/mol. The Balaban J connectivity index is 1.72. The van der Waals surface area contributed by atoms with E-state index in [-0.39, 0.29) is 12.5 Å². The van der Waals surface area contributed by atoms with E-state index in [1.165, 1.54) is 0 Å². The van der Waals surface area contributed by atoms with Crippen molar-refractivity contribution in [2.45, 2.75) is 6.54 Å². The molecule has 0 radical (unpaired) electrons. The van der Waals surface area contributed by atoms with Gasteiger partial charge in [-0.3, -0.25) is 4.79 Å². The van der Waals surface area contributed by atoms with Crippen LogP contribution < -0.4 is 4.74 Å². The average Bonchev–Trinajstić information content (AvgIpc) is 3.10. The highest BCUT2D eigenvalue weighted by atomic mass is 127. The van der Waals surface area contributed by atoms with Crippen molar-refractivity contribution < 1.29 is 14.1 Å². The minimum Gasteiger partial charge on any atom is -0.497 e. The molecule has 0 atom stereocenters. The van der Waals surface area contributed by atoms with Gasteiger partial charge in [-0.2, -0.15) is 4.98 Å². The molecule has 6 nitrogen and oxygen atoms in total. The van der Waals surface area contributed by atoms with Crippen molar-refractivity contribution in [3.63, 3.8) is 0 Å². The molecule has 25 heavy (non-hydrogen) atoms. The molecule has 0 unspecified atom stereocenters. The summed E-state index contributed by atoms with van der Waals surface area (Å²) in [6.45, 7) is 0.243. The normalized spacial score (nSPS) is 10.5. The van der Waals surface area contributed by atoms with Crippen LogP contribution in [0.4, 0.5) is 0 Å². The Morgan fingerprint density at radius 3 is 2.60 bits per heavy atom. The van der Waals surface area contributed by atoms with E-state index in [9.17, 15) is 4.79 Å². The summed E-state index contributed by atoms with van der Waals surface area (Å²) in [4.78, 5) is 18.5. The maximum atomic E-state index is 12.5. The van der Waals surface area contributed by atoms with Crippen molar-refractivity contribution in [3.8, 4) is 17.1 Å². The summed E-state index contributed by atoms with van der Waals surface area (Å²) < 4.78 is 11.3. The first-order valence-electron chi connectivity index (χ1n) is 7.55. The molecule has 1 heterocycles. The van der Waals surface area contributed by atoms with Crippen molar-refractivity contribution in [1.82, 2.24) is 15.0 Å². The first kappa shape index (κ1) is 17.4. The minimum absolute atomic E-state index is 0.0887. The highest BCUT2D eigenvalue weighted by Crippen LogP contribution is 2.20. The van der Waals surface area contributed by atoms with Gasteiger partial charge < -0.3 is 14.2 Å². The first-order chi connectivity index (χ1) is 12.1. The summed E-state index contributed by atoms with van der Waals surface area (Å²) in [7, 11) is 3.32. The van der Waals surface area contributed by atoms with Gasteiger partial charge in [0.05, 0.1) is 19.2 Å². The van der Waals surface area contributed by atoms with Crippen LogP contribution in [-0.4, -0.2) is 35.1 Å². The molecule has 3 rings (SSSR count). The van der Waals surface area contributed by atoms with Gasteiger partial charge in [0.1, 0.15) is 5.75 Å². The summed E-state index contributed by atoms with van der Waals surface area (Å²) >= 11 is 2.15. The lowest BCUT2D eigenvalue weighted by Gasteiger charge is -2.15. The van der Waals surface area contributed by atoms with E-state index in [4.69, 9.17) is 9.26 Å². The molecule has 1 amide bonds. The predicted molar refractivity (Wildman–Crippen MR) is 101 cm³/mol. The topological polar surface area (TPSA) is 68.5 Å². The van der Waals surface area contributed by atoms with Crippen LogP contribution in [0.2, 0.25) is 0 Å². The predicted octanol–water partition coefficient (Wildman–Crippen LogP) is 3.62. The molecule has 0 fully saturated rings. The summed E-state index contributed by atoms with van der Waals surface area (Å²) in [5.41, 5.74) is 1.47. The minimum atomic E-state index is -0.0887. The largest absolute Gasteiger partial charge is 0.497 e. The number of amides is 1. The van der Waals surface area contributed by atoms with Crippen molar-refractivity contribution >= 4 is 28.5 Å². The third-order valence-electron chi connectivity index (χ3n) is 3.64.